The van der Waals surface area contributed by atoms with Crippen molar-refractivity contribution in [2.45, 2.75) is 45.1 Å². The van der Waals surface area contributed by atoms with Gasteiger partial charge in [0.15, 0.2) is 5.69 Å². The van der Waals surface area contributed by atoms with Gasteiger partial charge in [-0.2, -0.15) is 0 Å². The van der Waals surface area contributed by atoms with Crippen molar-refractivity contribution in [2.75, 3.05) is 5.73 Å². The van der Waals surface area contributed by atoms with Gasteiger partial charge in [0.05, 0.1) is 5.56 Å². The van der Waals surface area contributed by atoms with Crippen LogP contribution in [0.5, 0.6) is 0 Å². The average molecular weight is 224 g/mol. The van der Waals surface area contributed by atoms with Crippen LogP contribution in [0.1, 0.15) is 55.6 Å². The van der Waals surface area contributed by atoms with E-state index in [1.54, 1.807) is 0 Å². The Morgan fingerprint density at radius 1 is 1.50 bits per heavy atom. The van der Waals surface area contributed by atoms with Crippen LogP contribution in [0.2, 0.25) is 0 Å². The number of nitrogen functional groups attached to an aromatic ring is 1. The minimum Gasteiger partial charge on any atom is -0.455 e. The third-order valence-electron chi connectivity index (χ3n) is 2.33. The van der Waals surface area contributed by atoms with Crippen molar-refractivity contribution in [3.8, 4) is 0 Å². The molecule has 0 unspecified atom stereocenters. The van der Waals surface area contributed by atoms with Crippen molar-refractivity contribution in [1.82, 2.24) is 5.16 Å². The zero-order chi connectivity index (χ0) is 11.9. The Kier molecular flexibility index (Phi) is 2.40. The van der Waals surface area contributed by atoms with Crippen LogP contribution < -0.4 is 5.73 Å². The summed E-state index contributed by atoms with van der Waals surface area (Å²) in [5.74, 6) is 0.0898. The molecule has 16 heavy (non-hydrogen) atoms. The number of nitrogens with zero attached hydrogens (tertiary/aromatic N) is 1. The van der Waals surface area contributed by atoms with E-state index in [1.165, 1.54) is 0 Å². The molecule has 1 heterocycles. The van der Waals surface area contributed by atoms with E-state index >= 15 is 0 Å². The number of rotatable bonds is 2. The van der Waals surface area contributed by atoms with E-state index < -0.39 is 11.6 Å². The minimum absolute atomic E-state index is 0.231. The van der Waals surface area contributed by atoms with Crippen molar-refractivity contribution in [3.05, 3.63) is 11.3 Å². The first-order valence-corrected chi connectivity index (χ1v) is 5.37. The predicted molar refractivity (Wildman–Crippen MR) is 58.1 cm³/mol. The molecule has 1 fully saturated rings. The van der Waals surface area contributed by atoms with Gasteiger partial charge in [0, 0.05) is 0 Å². The molecule has 1 aromatic rings. The summed E-state index contributed by atoms with van der Waals surface area (Å²) in [6.07, 6.45) is 2.06. The number of carbonyl (C=O) groups excluding carboxylic acids is 1. The van der Waals surface area contributed by atoms with Crippen LogP contribution in [0.25, 0.3) is 0 Å². The van der Waals surface area contributed by atoms with Crippen LogP contribution >= 0.6 is 0 Å². The van der Waals surface area contributed by atoms with Crippen LogP contribution in [0.3, 0.4) is 0 Å². The van der Waals surface area contributed by atoms with Crippen LogP contribution in [-0.4, -0.2) is 16.7 Å². The SMILES string of the molecule is CC(C)(C)OC(=O)c1noc(N)c1C1CC1. The van der Waals surface area contributed by atoms with Crippen molar-refractivity contribution in [3.63, 3.8) is 0 Å². The fourth-order valence-electron chi connectivity index (χ4n) is 1.55. The first kappa shape index (κ1) is 11.0. The molecular weight excluding hydrogens is 208 g/mol. The Morgan fingerprint density at radius 3 is 2.62 bits per heavy atom. The van der Waals surface area contributed by atoms with Gasteiger partial charge in [0.1, 0.15) is 5.60 Å². The summed E-state index contributed by atoms with van der Waals surface area (Å²) in [6.45, 7) is 5.43. The predicted octanol–water partition coefficient (Wildman–Crippen LogP) is 2.09. The second kappa shape index (κ2) is 3.50. The Labute approximate surface area is 93.9 Å². The van der Waals surface area contributed by atoms with Crippen molar-refractivity contribution >= 4 is 11.9 Å². The number of hydrogen-bond acceptors (Lipinski definition) is 5. The summed E-state index contributed by atoms with van der Waals surface area (Å²) in [5.41, 5.74) is 6.06. The topological polar surface area (TPSA) is 78.3 Å². The molecule has 0 saturated heterocycles. The van der Waals surface area contributed by atoms with Gasteiger partial charge in [-0.3, -0.25) is 0 Å². The number of nitrogens with two attached hydrogens (primary N) is 1. The molecule has 2 N–H and O–H groups in total. The lowest BCUT2D eigenvalue weighted by molar-refractivity contribution is 0.00577. The fraction of sp³-hybridized carbons (Fsp3) is 0.636. The van der Waals surface area contributed by atoms with Gasteiger partial charge < -0.3 is 15.0 Å². The van der Waals surface area contributed by atoms with Gasteiger partial charge in [-0.25, -0.2) is 4.79 Å². The van der Waals surface area contributed by atoms with E-state index in [-0.39, 0.29) is 11.6 Å². The zero-order valence-corrected chi connectivity index (χ0v) is 9.74. The standard InChI is InChI=1S/C11H16N2O3/c1-11(2,3)15-10(14)8-7(6-4-5-6)9(12)16-13-8/h6H,4-5,12H2,1-3H3. The molecule has 0 aliphatic heterocycles. The Balaban J connectivity index is 2.23. The Hall–Kier alpha value is -1.52. The normalized spacial score (nSPS) is 16.2. The van der Waals surface area contributed by atoms with E-state index in [4.69, 9.17) is 15.0 Å². The van der Waals surface area contributed by atoms with E-state index in [0.29, 0.717) is 11.5 Å². The second-order valence-corrected chi connectivity index (χ2v) is 5.09. The second-order valence-electron chi connectivity index (χ2n) is 5.09. The minimum atomic E-state index is -0.536. The van der Waals surface area contributed by atoms with Crippen molar-refractivity contribution in [1.29, 1.82) is 0 Å². The molecule has 0 spiro atoms. The third-order valence-corrected chi connectivity index (χ3v) is 2.33. The van der Waals surface area contributed by atoms with Gasteiger partial charge in [-0.1, -0.05) is 5.16 Å². The van der Waals surface area contributed by atoms with Gasteiger partial charge in [-0.15, -0.1) is 0 Å². The lowest BCUT2D eigenvalue weighted by Gasteiger charge is -2.18. The molecule has 88 valence electrons. The highest BCUT2D eigenvalue weighted by molar-refractivity contribution is 5.90. The van der Waals surface area contributed by atoms with Gasteiger partial charge in [0.2, 0.25) is 5.88 Å². The molecule has 2 rings (SSSR count). The number of hydrogen-bond donors (Lipinski definition) is 1. The molecule has 0 bridgehead atoms. The zero-order valence-electron chi connectivity index (χ0n) is 9.74. The number of aromatic nitrogens is 1. The van der Waals surface area contributed by atoms with E-state index in [9.17, 15) is 4.79 Å². The Bertz CT molecular complexity index is 413. The quantitative estimate of drug-likeness (QED) is 0.778. The number of esters is 1. The van der Waals surface area contributed by atoms with Crippen LogP contribution in [0.4, 0.5) is 5.88 Å². The molecule has 5 heteroatoms. The van der Waals surface area contributed by atoms with Crippen LogP contribution in [0, 0.1) is 0 Å². The van der Waals surface area contributed by atoms with Gasteiger partial charge >= 0.3 is 5.97 Å². The summed E-state index contributed by atoms with van der Waals surface area (Å²) < 4.78 is 10.1. The average Bonchev–Trinajstić information content (AvgIpc) is 2.87. The summed E-state index contributed by atoms with van der Waals surface area (Å²) in [7, 11) is 0. The maximum Gasteiger partial charge on any atom is 0.361 e. The summed E-state index contributed by atoms with van der Waals surface area (Å²) in [5, 5.41) is 3.69. The highest BCUT2D eigenvalue weighted by Gasteiger charge is 2.35. The molecule has 0 amide bonds. The van der Waals surface area contributed by atoms with Crippen molar-refractivity contribution in [2.24, 2.45) is 0 Å². The largest absolute Gasteiger partial charge is 0.455 e. The lowest BCUT2D eigenvalue weighted by atomic mass is 10.1. The van der Waals surface area contributed by atoms with Crippen molar-refractivity contribution < 1.29 is 14.1 Å². The van der Waals surface area contributed by atoms with E-state index in [0.717, 1.165) is 12.8 Å². The molecule has 0 radical (unpaired) electrons. The smallest absolute Gasteiger partial charge is 0.361 e. The summed E-state index contributed by atoms with van der Waals surface area (Å²) >= 11 is 0. The highest BCUT2D eigenvalue weighted by atomic mass is 16.6. The first-order chi connectivity index (χ1) is 7.38. The highest BCUT2D eigenvalue weighted by Crippen LogP contribution is 2.44. The molecule has 1 aromatic heterocycles. The summed E-state index contributed by atoms with van der Waals surface area (Å²) in [6, 6.07) is 0. The van der Waals surface area contributed by atoms with Gasteiger partial charge in [0.25, 0.3) is 0 Å². The van der Waals surface area contributed by atoms with Crippen LogP contribution in [-0.2, 0) is 4.74 Å². The van der Waals surface area contributed by atoms with Gasteiger partial charge in [-0.05, 0) is 39.5 Å². The third kappa shape index (κ3) is 2.18. The number of ether oxygens (including phenoxy) is 1. The summed E-state index contributed by atoms with van der Waals surface area (Å²) in [4.78, 5) is 11.8. The molecule has 0 atom stereocenters. The van der Waals surface area contributed by atoms with E-state index in [2.05, 4.69) is 5.16 Å². The Morgan fingerprint density at radius 2 is 2.12 bits per heavy atom. The lowest BCUT2D eigenvalue weighted by Crippen LogP contribution is -2.24. The molecule has 0 aromatic carbocycles. The fourth-order valence-corrected chi connectivity index (χ4v) is 1.55. The molecule has 1 aliphatic rings. The monoisotopic (exact) mass is 224 g/mol. The van der Waals surface area contributed by atoms with E-state index in [1.807, 2.05) is 20.8 Å². The van der Waals surface area contributed by atoms with Crippen LogP contribution in [0.15, 0.2) is 4.52 Å². The molecule has 5 nitrogen and oxygen atoms in total. The molecule has 1 saturated carbocycles. The number of carbonyl (C=O) groups is 1. The molecule has 1 aliphatic carbocycles. The maximum atomic E-state index is 11.8. The molecular formula is C11H16N2O3. The number of anilines is 1. The maximum absolute atomic E-state index is 11.8. The first-order valence-electron chi connectivity index (χ1n) is 5.37.